The van der Waals surface area contributed by atoms with Gasteiger partial charge in [-0.1, -0.05) is 25.7 Å². The van der Waals surface area contributed by atoms with E-state index in [4.69, 9.17) is 0 Å². The van der Waals surface area contributed by atoms with Gasteiger partial charge in [0, 0.05) is 29.2 Å². The number of carbonyl (C=O) groups is 1. The lowest BCUT2D eigenvalue weighted by atomic mass is 9.98. The molecule has 1 aliphatic heterocycles. The minimum atomic E-state index is -4.64. The first kappa shape index (κ1) is 24.1. The van der Waals surface area contributed by atoms with Gasteiger partial charge in [-0.25, -0.2) is 10.4 Å². The highest BCUT2D eigenvalue weighted by atomic mass is 19.4. The molecule has 2 aromatic rings. The molecule has 1 aliphatic rings. The van der Waals surface area contributed by atoms with Crippen molar-refractivity contribution < 1.29 is 23.1 Å². The molecule has 0 radical (unpaired) electrons. The van der Waals surface area contributed by atoms with E-state index < -0.39 is 17.5 Å². The Morgan fingerprint density at radius 2 is 1.91 bits per heavy atom. The van der Waals surface area contributed by atoms with Gasteiger partial charge in [0.1, 0.15) is 18.3 Å². The number of aromatic hydroxyl groups is 1. The molecule has 0 spiro atoms. The molecule has 0 aliphatic carbocycles. The number of hydrazine groups is 1. The van der Waals surface area contributed by atoms with Crippen LogP contribution < -0.4 is 16.2 Å². The van der Waals surface area contributed by atoms with Crippen molar-refractivity contribution in [2.45, 2.75) is 32.9 Å². The lowest BCUT2D eigenvalue weighted by Gasteiger charge is -2.11. The van der Waals surface area contributed by atoms with Gasteiger partial charge in [-0.05, 0) is 54.8 Å². The molecule has 1 amide bonds. The molecular formula is C24H25F3N4O2. The van der Waals surface area contributed by atoms with Crippen molar-refractivity contribution in [3.8, 4) is 17.6 Å². The average molecular weight is 458 g/mol. The molecule has 3 rings (SSSR count). The Labute approximate surface area is 190 Å². The van der Waals surface area contributed by atoms with Crippen LogP contribution in [0.5, 0.6) is 5.75 Å². The zero-order valence-electron chi connectivity index (χ0n) is 18.3. The van der Waals surface area contributed by atoms with Crippen molar-refractivity contribution >= 4 is 11.7 Å². The number of hydrogen-bond acceptors (Lipinski definition) is 5. The van der Waals surface area contributed by atoms with Gasteiger partial charge in [-0.15, -0.1) is 0 Å². The molecular weight excluding hydrogens is 433 g/mol. The summed E-state index contributed by atoms with van der Waals surface area (Å²) in [5, 5.41) is 12.3. The third kappa shape index (κ3) is 6.49. The summed E-state index contributed by atoms with van der Waals surface area (Å²) in [5.41, 5.74) is 6.90. The summed E-state index contributed by atoms with van der Waals surface area (Å²) in [4.78, 5) is 16.1. The number of nitrogens with zero attached hydrogens (tertiary/aromatic N) is 1. The second-order valence-corrected chi connectivity index (χ2v) is 7.87. The van der Waals surface area contributed by atoms with Crippen molar-refractivity contribution in [2.75, 3.05) is 13.2 Å². The Bertz CT molecular complexity index is 1110. The number of amides is 1. The van der Waals surface area contributed by atoms with Crippen LogP contribution in [0.1, 0.15) is 48.1 Å². The summed E-state index contributed by atoms with van der Waals surface area (Å²) in [5.74, 6) is 5.51. The number of rotatable bonds is 6. The van der Waals surface area contributed by atoms with Crippen LogP contribution in [0.15, 0.2) is 41.4 Å². The molecule has 2 aromatic carbocycles. The first-order valence-corrected chi connectivity index (χ1v) is 10.5. The number of nitrogens with one attached hydrogen (secondary N) is 3. The van der Waals surface area contributed by atoms with Gasteiger partial charge in [0.25, 0.3) is 0 Å². The molecule has 0 atom stereocenters. The molecule has 1 heterocycles. The van der Waals surface area contributed by atoms with Gasteiger partial charge in [0.15, 0.2) is 0 Å². The van der Waals surface area contributed by atoms with Crippen molar-refractivity contribution in [1.82, 2.24) is 16.2 Å². The third-order valence-electron chi connectivity index (χ3n) is 4.99. The Morgan fingerprint density at radius 3 is 2.58 bits per heavy atom. The maximum Gasteiger partial charge on any atom is 0.417 e. The fourth-order valence-electron chi connectivity index (χ4n) is 3.22. The fraction of sp³-hybridized carbons (Fsp3) is 0.333. The van der Waals surface area contributed by atoms with Crippen molar-refractivity contribution in [2.24, 2.45) is 10.9 Å². The molecule has 0 bridgehead atoms. The summed E-state index contributed by atoms with van der Waals surface area (Å²) < 4.78 is 40.0. The zero-order valence-corrected chi connectivity index (χ0v) is 18.3. The Balaban J connectivity index is 1.88. The summed E-state index contributed by atoms with van der Waals surface area (Å²) in [6.07, 6.45) is -3.43. The topological polar surface area (TPSA) is 85.8 Å². The molecule has 4 N–H and O–H groups in total. The van der Waals surface area contributed by atoms with Gasteiger partial charge in [0.05, 0.1) is 5.56 Å². The number of carbonyl (C=O) groups excluding carboxylic acids is 1. The number of benzene rings is 2. The first-order chi connectivity index (χ1) is 15.6. The smallest absolute Gasteiger partial charge is 0.417 e. The second-order valence-electron chi connectivity index (χ2n) is 7.87. The standard InChI is InChI=1S/C24H25F3N4O2/c1-15(2)23(33)28-11-3-4-18-12-19(22-29-14-30-31-22)8-6-16(18)5-7-17-9-10-20(32)13-21(17)24(25,26)27/h6,8-10,12-13,15,30,32H,3-4,11,14H2,1-2H3,(H,28,33)(H,29,31). The summed E-state index contributed by atoms with van der Waals surface area (Å²) in [7, 11) is 0. The van der Waals surface area contributed by atoms with Gasteiger partial charge in [-0.3, -0.25) is 4.79 Å². The maximum absolute atomic E-state index is 13.3. The van der Waals surface area contributed by atoms with E-state index in [2.05, 4.69) is 33.0 Å². The molecule has 33 heavy (non-hydrogen) atoms. The number of hydrogen-bond donors (Lipinski definition) is 4. The molecule has 0 unspecified atom stereocenters. The van der Waals surface area contributed by atoms with E-state index in [1.165, 1.54) is 6.07 Å². The van der Waals surface area contributed by atoms with E-state index in [-0.39, 0.29) is 17.4 Å². The Morgan fingerprint density at radius 1 is 1.18 bits per heavy atom. The van der Waals surface area contributed by atoms with E-state index in [9.17, 15) is 23.1 Å². The van der Waals surface area contributed by atoms with Crippen molar-refractivity contribution in [3.63, 3.8) is 0 Å². The van der Waals surface area contributed by atoms with Crippen LogP contribution in [0.3, 0.4) is 0 Å². The van der Waals surface area contributed by atoms with E-state index in [1.807, 2.05) is 19.9 Å². The molecule has 0 saturated carbocycles. The van der Waals surface area contributed by atoms with Gasteiger partial charge < -0.3 is 15.8 Å². The largest absolute Gasteiger partial charge is 0.508 e. The number of aryl methyl sites for hydroxylation is 1. The van der Waals surface area contributed by atoms with Gasteiger partial charge in [0.2, 0.25) is 5.91 Å². The molecule has 6 nitrogen and oxygen atoms in total. The number of amidine groups is 1. The summed E-state index contributed by atoms with van der Waals surface area (Å²) in [6, 6.07) is 8.45. The highest BCUT2D eigenvalue weighted by Gasteiger charge is 2.33. The normalized spacial score (nSPS) is 13.2. The van der Waals surface area contributed by atoms with Crippen LogP contribution in [-0.2, 0) is 17.4 Å². The predicted octanol–water partition coefficient (Wildman–Crippen LogP) is 3.33. The number of halogens is 3. The first-order valence-electron chi connectivity index (χ1n) is 10.5. The minimum Gasteiger partial charge on any atom is -0.508 e. The molecule has 9 heteroatoms. The molecule has 0 aromatic heterocycles. The quantitative estimate of drug-likeness (QED) is 0.395. The van der Waals surface area contributed by atoms with Gasteiger partial charge in [-0.2, -0.15) is 13.2 Å². The van der Waals surface area contributed by atoms with E-state index in [0.29, 0.717) is 43.5 Å². The van der Waals surface area contributed by atoms with Crippen LogP contribution in [-0.4, -0.2) is 30.1 Å². The number of phenolic OH excluding ortho intramolecular Hbond substituents is 1. The number of aliphatic imine (C=N–C) groups is 1. The average Bonchev–Trinajstić information content (AvgIpc) is 3.30. The third-order valence-corrected chi connectivity index (χ3v) is 4.99. The Hall–Kier alpha value is -3.51. The monoisotopic (exact) mass is 458 g/mol. The van der Waals surface area contributed by atoms with Gasteiger partial charge >= 0.3 is 6.18 Å². The summed E-state index contributed by atoms with van der Waals surface area (Å²) >= 11 is 0. The van der Waals surface area contributed by atoms with E-state index in [1.54, 1.807) is 12.1 Å². The van der Waals surface area contributed by atoms with E-state index >= 15 is 0 Å². The van der Waals surface area contributed by atoms with Crippen LogP contribution in [0, 0.1) is 17.8 Å². The second kappa shape index (κ2) is 10.4. The molecule has 0 saturated heterocycles. The minimum absolute atomic E-state index is 0.0358. The van der Waals surface area contributed by atoms with Crippen LogP contribution >= 0.6 is 0 Å². The van der Waals surface area contributed by atoms with Crippen molar-refractivity contribution in [1.29, 1.82) is 0 Å². The lowest BCUT2D eigenvalue weighted by molar-refractivity contribution is -0.137. The Kier molecular flexibility index (Phi) is 7.61. The molecule has 174 valence electrons. The highest BCUT2D eigenvalue weighted by Crippen LogP contribution is 2.33. The molecule has 0 fully saturated rings. The van der Waals surface area contributed by atoms with E-state index in [0.717, 1.165) is 17.2 Å². The van der Waals surface area contributed by atoms with Crippen LogP contribution in [0.2, 0.25) is 0 Å². The van der Waals surface area contributed by atoms with Crippen molar-refractivity contribution in [3.05, 3.63) is 64.2 Å². The maximum atomic E-state index is 13.3. The number of phenols is 1. The van der Waals surface area contributed by atoms with Crippen LogP contribution in [0.25, 0.3) is 0 Å². The highest BCUT2D eigenvalue weighted by molar-refractivity contribution is 5.99. The van der Waals surface area contributed by atoms with Crippen LogP contribution in [0.4, 0.5) is 13.2 Å². The number of alkyl halides is 3. The lowest BCUT2D eigenvalue weighted by Crippen LogP contribution is -2.30. The fourth-order valence-corrected chi connectivity index (χ4v) is 3.22. The summed E-state index contributed by atoms with van der Waals surface area (Å²) in [6.45, 7) is 4.54. The predicted molar refractivity (Wildman–Crippen MR) is 119 cm³/mol. The SMILES string of the molecule is CC(C)C(=O)NCCCc1cc(C2=NCNN2)ccc1C#Cc1ccc(O)cc1C(F)(F)F. The zero-order chi connectivity index (χ0) is 24.0.